The second kappa shape index (κ2) is 7.82. The highest BCUT2D eigenvalue weighted by atomic mass is 32.1. The molecule has 1 amide bonds. The van der Waals surface area contributed by atoms with Gasteiger partial charge in [0.25, 0.3) is 5.91 Å². The van der Waals surface area contributed by atoms with Gasteiger partial charge in [-0.3, -0.25) is 13.9 Å². The van der Waals surface area contributed by atoms with Crippen molar-refractivity contribution in [1.29, 1.82) is 0 Å². The molecule has 0 aliphatic heterocycles. The first-order valence-electron chi connectivity index (χ1n) is 9.03. The van der Waals surface area contributed by atoms with Gasteiger partial charge in [-0.05, 0) is 36.1 Å². The van der Waals surface area contributed by atoms with Crippen LogP contribution < -0.4 is 11.0 Å². The lowest BCUT2D eigenvalue weighted by Crippen LogP contribution is -2.31. The summed E-state index contributed by atoms with van der Waals surface area (Å²) in [6.07, 6.45) is 1.68. The van der Waals surface area contributed by atoms with Crippen molar-refractivity contribution in [2.75, 3.05) is 6.54 Å². The number of rotatable bonds is 6. The largest absolute Gasteiger partial charge is 0.350 e. The molecule has 142 valence electrons. The van der Waals surface area contributed by atoms with Crippen LogP contribution >= 0.6 is 11.3 Å². The molecule has 0 saturated carbocycles. The fourth-order valence-corrected chi connectivity index (χ4v) is 3.91. The molecule has 0 saturated heterocycles. The van der Waals surface area contributed by atoms with Gasteiger partial charge in [-0.15, -0.1) is 0 Å². The summed E-state index contributed by atoms with van der Waals surface area (Å²) in [6.45, 7) is 3.24. The van der Waals surface area contributed by atoms with Crippen molar-refractivity contribution in [1.82, 2.24) is 19.4 Å². The molecule has 1 aromatic carbocycles. The molecule has 4 aromatic rings. The number of benzene rings is 1. The first kappa shape index (κ1) is 18.2. The van der Waals surface area contributed by atoms with Crippen molar-refractivity contribution in [3.8, 4) is 0 Å². The summed E-state index contributed by atoms with van der Waals surface area (Å²) in [5.74, 6) is -0.134. The summed E-state index contributed by atoms with van der Waals surface area (Å²) < 4.78 is 3.36. The lowest BCUT2D eigenvalue weighted by atomic mass is 10.1. The molecular formula is C21H20N4O2S. The standard InChI is InChI=1S/C21H20N4O2S/c1-15-4-2-5-16(12-15)13-25-18-6-3-8-22-19(18)24(21(25)27)10-9-23-20(26)17-7-11-28-14-17/h2-8,11-12,14H,9-10,13H2,1H3,(H,23,26). The van der Waals surface area contributed by atoms with Crippen molar-refractivity contribution in [2.45, 2.75) is 20.0 Å². The lowest BCUT2D eigenvalue weighted by molar-refractivity contribution is 0.0952. The molecule has 3 heterocycles. The van der Waals surface area contributed by atoms with E-state index >= 15 is 0 Å². The number of nitrogens with zero attached hydrogens (tertiary/aromatic N) is 3. The average Bonchev–Trinajstić information content (AvgIpc) is 3.31. The minimum absolute atomic E-state index is 0.125. The number of imidazole rings is 1. The number of amides is 1. The van der Waals surface area contributed by atoms with Crippen LogP contribution in [-0.2, 0) is 13.1 Å². The quantitative estimate of drug-likeness (QED) is 0.548. The number of thiophene rings is 1. The third-order valence-corrected chi connectivity index (χ3v) is 5.29. The van der Waals surface area contributed by atoms with Crippen LogP contribution in [0, 0.1) is 6.92 Å². The van der Waals surface area contributed by atoms with E-state index in [0.29, 0.717) is 30.8 Å². The molecule has 6 nitrogen and oxygen atoms in total. The lowest BCUT2D eigenvalue weighted by Gasteiger charge is -2.05. The summed E-state index contributed by atoms with van der Waals surface area (Å²) in [4.78, 5) is 29.6. The fourth-order valence-electron chi connectivity index (χ4n) is 3.27. The van der Waals surface area contributed by atoms with E-state index in [-0.39, 0.29) is 11.6 Å². The monoisotopic (exact) mass is 392 g/mol. The van der Waals surface area contributed by atoms with Crippen LogP contribution in [0.5, 0.6) is 0 Å². The van der Waals surface area contributed by atoms with Gasteiger partial charge in [0.15, 0.2) is 5.65 Å². The molecule has 28 heavy (non-hydrogen) atoms. The number of hydrogen-bond donors (Lipinski definition) is 1. The molecule has 3 aromatic heterocycles. The van der Waals surface area contributed by atoms with Gasteiger partial charge in [-0.1, -0.05) is 29.8 Å². The summed E-state index contributed by atoms with van der Waals surface area (Å²) in [5.41, 5.74) is 4.15. The van der Waals surface area contributed by atoms with E-state index in [1.165, 1.54) is 11.3 Å². The first-order valence-corrected chi connectivity index (χ1v) is 9.98. The number of nitrogens with one attached hydrogen (secondary N) is 1. The molecule has 0 bridgehead atoms. The second-order valence-electron chi connectivity index (χ2n) is 6.62. The van der Waals surface area contributed by atoms with Crippen LogP contribution in [0.1, 0.15) is 21.5 Å². The topological polar surface area (TPSA) is 68.9 Å². The molecular weight excluding hydrogens is 372 g/mol. The normalized spacial score (nSPS) is 11.0. The van der Waals surface area contributed by atoms with Gasteiger partial charge in [0.2, 0.25) is 0 Å². The Balaban J connectivity index is 1.59. The molecule has 0 aliphatic carbocycles. The average molecular weight is 392 g/mol. The van der Waals surface area contributed by atoms with Crippen LogP contribution in [0.15, 0.2) is 64.2 Å². The predicted octanol–water partition coefficient (Wildman–Crippen LogP) is 3.05. The van der Waals surface area contributed by atoms with Gasteiger partial charge in [0, 0.05) is 30.2 Å². The highest BCUT2D eigenvalue weighted by Gasteiger charge is 2.14. The van der Waals surface area contributed by atoms with Gasteiger partial charge in [-0.25, -0.2) is 9.78 Å². The van der Waals surface area contributed by atoms with E-state index in [4.69, 9.17) is 0 Å². The maximum absolute atomic E-state index is 13.1. The van der Waals surface area contributed by atoms with Crippen LogP contribution in [-0.4, -0.2) is 26.6 Å². The minimum Gasteiger partial charge on any atom is -0.350 e. The number of aromatic nitrogens is 3. The second-order valence-corrected chi connectivity index (χ2v) is 7.40. The summed E-state index contributed by atoms with van der Waals surface area (Å²) in [5, 5.41) is 6.53. The zero-order chi connectivity index (χ0) is 19.5. The number of carbonyl (C=O) groups is 1. The van der Waals surface area contributed by atoms with Gasteiger partial charge in [0.05, 0.1) is 12.1 Å². The Morgan fingerprint density at radius 3 is 2.86 bits per heavy atom. The molecule has 0 radical (unpaired) electrons. The third-order valence-electron chi connectivity index (χ3n) is 4.60. The molecule has 0 aliphatic rings. The summed E-state index contributed by atoms with van der Waals surface area (Å²) >= 11 is 1.48. The van der Waals surface area contributed by atoms with Crippen LogP contribution in [0.3, 0.4) is 0 Å². The Labute approximate surface area is 166 Å². The number of fused-ring (bicyclic) bond motifs is 1. The Kier molecular flexibility index (Phi) is 5.08. The van der Waals surface area contributed by atoms with Crippen LogP contribution in [0.4, 0.5) is 0 Å². The number of hydrogen-bond acceptors (Lipinski definition) is 4. The molecule has 0 atom stereocenters. The fraction of sp³-hybridized carbons (Fsp3) is 0.190. The maximum atomic E-state index is 13.1. The van der Waals surface area contributed by atoms with Crippen molar-refractivity contribution in [3.63, 3.8) is 0 Å². The smallest absolute Gasteiger partial charge is 0.330 e. The van der Waals surface area contributed by atoms with Gasteiger partial charge < -0.3 is 5.32 Å². The van der Waals surface area contributed by atoms with Crippen molar-refractivity contribution in [3.05, 3.63) is 86.6 Å². The van der Waals surface area contributed by atoms with E-state index in [9.17, 15) is 9.59 Å². The van der Waals surface area contributed by atoms with Crippen molar-refractivity contribution >= 4 is 28.4 Å². The summed E-state index contributed by atoms with van der Waals surface area (Å²) in [6, 6.07) is 13.6. The van der Waals surface area contributed by atoms with Crippen LogP contribution in [0.25, 0.3) is 11.2 Å². The predicted molar refractivity (Wildman–Crippen MR) is 111 cm³/mol. The molecule has 1 N–H and O–H groups in total. The van der Waals surface area contributed by atoms with E-state index < -0.39 is 0 Å². The van der Waals surface area contributed by atoms with Crippen molar-refractivity contribution < 1.29 is 4.79 Å². The Morgan fingerprint density at radius 1 is 1.18 bits per heavy atom. The molecule has 4 rings (SSSR count). The number of aryl methyl sites for hydroxylation is 1. The zero-order valence-corrected chi connectivity index (χ0v) is 16.3. The highest BCUT2D eigenvalue weighted by molar-refractivity contribution is 7.08. The summed E-state index contributed by atoms with van der Waals surface area (Å²) in [7, 11) is 0. The minimum atomic E-state index is -0.134. The maximum Gasteiger partial charge on any atom is 0.330 e. The van der Waals surface area contributed by atoms with E-state index in [2.05, 4.69) is 16.4 Å². The first-order chi connectivity index (χ1) is 13.6. The molecule has 0 spiro atoms. The molecule has 7 heteroatoms. The molecule has 0 unspecified atom stereocenters. The van der Waals surface area contributed by atoms with Gasteiger partial charge in [0.1, 0.15) is 0 Å². The molecule has 0 fully saturated rings. The van der Waals surface area contributed by atoms with E-state index in [1.54, 1.807) is 26.8 Å². The van der Waals surface area contributed by atoms with E-state index in [1.807, 2.05) is 42.6 Å². The van der Waals surface area contributed by atoms with Crippen molar-refractivity contribution in [2.24, 2.45) is 0 Å². The van der Waals surface area contributed by atoms with Gasteiger partial charge >= 0.3 is 5.69 Å². The number of carbonyl (C=O) groups excluding carboxylic acids is 1. The zero-order valence-electron chi connectivity index (χ0n) is 15.5. The van der Waals surface area contributed by atoms with Gasteiger partial charge in [-0.2, -0.15) is 11.3 Å². The van der Waals surface area contributed by atoms with E-state index in [0.717, 1.165) is 16.6 Å². The highest BCUT2D eigenvalue weighted by Crippen LogP contribution is 2.13. The third kappa shape index (κ3) is 3.61. The van der Waals surface area contributed by atoms with Crippen LogP contribution in [0.2, 0.25) is 0 Å². The SMILES string of the molecule is Cc1cccc(Cn2c(=O)n(CCNC(=O)c3ccsc3)c3ncccc32)c1. The Morgan fingerprint density at radius 2 is 2.07 bits per heavy atom. The Bertz CT molecular complexity index is 1170. The number of pyridine rings is 1. The Hall–Kier alpha value is -3.19.